The summed E-state index contributed by atoms with van der Waals surface area (Å²) in [5, 5.41) is 9.91. The predicted octanol–water partition coefficient (Wildman–Crippen LogP) is 7.12. The number of pyridine rings is 1. The lowest BCUT2D eigenvalue weighted by molar-refractivity contribution is -0.0590. The second-order valence-electron chi connectivity index (χ2n) is 11.7. The van der Waals surface area contributed by atoms with Crippen molar-refractivity contribution in [3.8, 4) is 5.88 Å². The van der Waals surface area contributed by atoms with E-state index in [1.807, 2.05) is 18.2 Å². The van der Waals surface area contributed by atoms with Crippen molar-refractivity contribution < 1.29 is 23.8 Å². The molecule has 0 amide bonds. The molecule has 2 saturated carbocycles. The van der Waals surface area contributed by atoms with E-state index in [-0.39, 0.29) is 29.5 Å². The zero-order valence-corrected chi connectivity index (χ0v) is 23.3. The quantitative estimate of drug-likeness (QED) is 0.241. The molecular formula is C32H31ClFN3O4. The maximum atomic E-state index is 14.2. The number of fused-ring (bicyclic) bond motifs is 1. The third kappa shape index (κ3) is 5.08. The van der Waals surface area contributed by atoms with E-state index in [0.717, 1.165) is 67.7 Å². The van der Waals surface area contributed by atoms with Crippen molar-refractivity contribution in [3.05, 3.63) is 88.1 Å². The van der Waals surface area contributed by atoms with Crippen molar-refractivity contribution in [2.24, 2.45) is 5.41 Å². The maximum Gasteiger partial charge on any atom is 0.335 e. The molecule has 4 aromatic rings. The first-order chi connectivity index (χ1) is 19.9. The van der Waals surface area contributed by atoms with Crippen LogP contribution >= 0.6 is 11.6 Å². The Labute approximate surface area is 242 Å². The summed E-state index contributed by atoms with van der Waals surface area (Å²) in [4.78, 5) is 21.5. The number of hydrogen-bond donors (Lipinski definition) is 1. The Bertz CT molecular complexity index is 1630. The van der Waals surface area contributed by atoms with Crippen LogP contribution in [0.25, 0.3) is 11.0 Å². The van der Waals surface area contributed by atoms with E-state index in [1.165, 1.54) is 6.07 Å². The summed E-state index contributed by atoms with van der Waals surface area (Å²) in [6.45, 7) is 1.58. The first kappa shape index (κ1) is 26.4. The van der Waals surface area contributed by atoms with E-state index in [0.29, 0.717) is 34.8 Å². The lowest BCUT2D eigenvalue weighted by Crippen LogP contribution is -2.32. The summed E-state index contributed by atoms with van der Waals surface area (Å²) in [5.74, 6) is 0.955. The van der Waals surface area contributed by atoms with Gasteiger partial charge in [0.05, 0.1) is 29.2 Å². The summed E-state index contributed by atoms with van der Waals surface area (Å²) in [5.41, 5.74) is 3.69. The molecule has 3 aliphatic rings. The van der Waals surface area contributed by atoms with E-state index in [2.05, 4.69) is 10.6 Å². The fourth-order valence-corrected chi connectivity index (χ4v) is 6.81. The third-order valence-corrected chi connectivity index (χ3v) is 9.48. The normalized spacial score (nSPS) is 25.3. The molecule has 2 atom stereocenters. The number of nitrogens with zero attached hydrogens (tertiary/aromatic N) is 3. The first-order valence-electron chi connectivity index (χ1n) is 14.3. The number of carbonyl (C=O) groups is 1. The Balaban J connectivity index is 1.05. The Kier molecular flexibility index (Phi) is 6.70. The van der Waals surface area contributed by atoms with Crippen molar-refractivity contribution in [2.75, 3.05) is 6.61 Å². The average molecular weight is 576 g/mol. The second kappa shape index (κ2) is 10.4. The van der Waals surface area contributed by atoms with Crippen LogP contribution in [0.15, 0.2) is 54.6 Å². The number of rotatable bonds is 8. The van der Waals surface area contributed by atoms with E-state index in [9.17, 15) is 14.3 Å². The lowest BCUT2D eigenvalue weighted by Gasteiger charge is -2.30. The largest absolute Gasteiger partial charge is 0.478 e. The number of aromatic nitrogens is 3. The number of ether oxygens (including phenoxy) is 2. The highest BCUT2D eigenvalue weighted by Gasteiger charge is 2.57. The van der Waals surface area contributed by atoms with Crippen molar-refractivity contribution in [2.45, 2.75) is 69.6 Å². The maximum absolute atomic E-state index is 14.2. The zero-order chi connectivity index (χ0) is 28.1. The average Bonchev–Trinajstić information content (AvgIpc) is 3.51. The summed E-state index contributed by atoms with van der Waals surface area (Å²) in [6, 6.07) is 15.6. The van der Waals surface area contributed by atoms with Gasteiger partial charge >= 0.3 is 5.97 Å². The third-order valence-electron chi connectivity index (χ3n) is 9.24. The van der Waals surface area contributed by atoms with E-state index in [4.69, 9.17) is 31.0 Å². The van der Waals surface area contributed by atoms with Crippen LogP contribution < -0.4 is 4.74 Å². The molecule has 0 unspecified atom stereocenters. The van der Waals surface area contributed by atoms with Crippen LogP contribution in [0.1, 0.15) is 77.8 Å². The van der Waals surface area contributed by atoms with Gasteiger partial charge in [-0.2, -0.15) is 0 Å². The van der Waals surface area contributed by atoms with Crippen LogP contribution in [0.5, 0.6) is 5.88 Å². The van der Waals surface area contributed by atoms with Crippen LogP contribution in [0.2, 0.25) is 5.02 Å². The summed E-state index contributed by atoms with van der Waals surface area (Å²) in [6.07, 6.45) is 6.52. The van der Waals surface area contributed by atoms with Gasteiger partial charge in [-0.15, -0.1) is 0 Å². The number of carboxylic acids is 1. The van der Waals surface area contributed by atoms with Crippen molar-refractivity contribution >= 4 is 28.6 Å². The Morgan fingerprint density at radius 2 is 1.95 bits per heavy atom. The van der Waals surface area contributed by atoms with Gasteiger partial charge in [-0.1, -0.05) is 23.7 Å². The Morgan fingerprint density at radius 3 is 2.68 bits per heavy atom. The van der Waals surface area contributed by atoms with Gasteiger partial charge in [0, 0.05) is 40.8 Å². The molecule has 3 fully saturated rings. The molecular weight excluding hydrogens is 545 g/mol. The van der Waals surface area contributed by atoms with Crippen molar-refractivity contribution in [3.63, 3.8) is 0 Å². The molecule has 1 N–H and O–H groups in total. The molecule has 7 nitrogen and oxygen atoms in total. The van der Waals surface area contributed by atoms with Gasteiger partial charge in [0.1, 0.15) is 18.2 Å². The highest BCUT2D eigenvalue weighted by Crippen LogP contribution is 2.67. The zero-order valence-electron chi connectivity index (χ0n) is 22.6. The molecule has 2 aliphatic carbocycles. The smallest absolute Gasteiger partial charge is 0.335 e. The van der Waals surface area contributed by atoms with Gasteiger partial charge in [-0.25, -0.2) is 19.2 Å². The summed E-state index contributed by atoms with van der Waals surface area (Å²) in [7, 11) is 0. The molecule has 0 bridgehead atoms. The summed E-state index contributed by atoms with van der Waals surface area (Å²) < 4.78 is 28.0. The molecule has 1 spiro atoms. The minimum Gasteiger partial charge on any atom is -0.478 e. The molecule has 3 heterocycles. The number of hydrogen-bond acceptors (Lipinski definition) is 5. The number of halogens is 2. The number of imidazole rings is 1. The fraction of sp³-hybridized carbons (Fsp3) is 0.406. The van der Waals surface area contributed by atoms with Gasteiger partial charge in [-0.3, -0.25) is 0 Å². The number of carboxylic acid groups (broad SMARTS) is 1. The Hall–Kier alpha value is -3.49. The number of aromatic carboxylic acids is 1. The predicted molar refractivity (Wildman–Crippen MR) is 152 cm³/mol. The molecule has 9 heteroatoms. The monoisotopic (exact) mass is 575 g/mol. The highest BCUT2D eigenvalue weighted by atomic mass is 35.5. The van der Waals surface area contributed by atoms with Crippen LogP contribution in [0.3, 0.4) is 0 Å². The van der Waals surface area contributed by atoms with Crippen LogP contribution in [0, 0.1) is 11.2 Å². The fourth-order valence-electron chi connectivity index (χ4n) is 6.65. The minimum atomic E-state index is -0.928. The van der Waals surface area contributed by atoms with Gasteiger partial charge in [0.25, 0.3) is 0 Å². The molecule has 2 aromatic carbocycles. The van der Waals surface area contributed by atoms with Crippen LogP contribution in [0.4, 0.5) is 4.39 Å². The van der Waals surface area contributed by atoms with E-state index < -0.39 is 5.97 Å². The standard InChI is InChI=1S/C32H31ClFN3O4/c33-22-6-4-21(25(34)15-22)18-41-29-3-1-2-26(35-29)19-8-11-32(12-9-19)16-24(32)30-36-27-7-5-20(31(38)39)14-28(27)37(30)17-23-10-13-40-23/h1-7,14-15,19,23-24H,8-13,16-18H2,(H,38,39)/t19?,23-,24-,32?/m0/s1. The highest BCUT2D eigenvalue weighted by molar-refractivity contribution is 6.30. The minimum absolute atomic E-state index is 0.0930. The second-order valence-corrected chi connectivity index (χ2v) is 12.1. The molecule has 7 rings (SSSR count). The number of benzene rings is 2. The molecule has 1 aliphatic heterocycles. The van der Waals surface area contributed by atoms with Gasteiger partial charge in [-0.05, 0) is 80.3 Å². The molecule has 0 radical (unpaired) electrons. The van der Waals surface area contributed by atoms with E-state index in [1.54, 1.807) is 24.3 Å². The van der Waals surface area contributed by atoms with Crippen LogP contribution in [-0.2, 0) is 17.9 Å². The van der Waals surface area contributed by atoms with E-state index >= 15 is 0 Å². The van der Waals surface area contributed by atoms with Gasteiger partial charge < -0.3 is 19.1 Å². The molecule has 212 valence electrons. The lowest BCUT2D eigenvalue weighted by atomic mass is 9.77. The van der Waals surface area contributed by atoms with Crippen molar-refractivity contribution in [1.29, 1.82) is 0 Å². The SMILES string of the molecule is O=C(O)c1ccc2nc([C@@H]3CC34CCC(c3cccc(OCc5ccc(Cl)cc5F)n3)CC4)n(C[C@@H]3CCO3)c2c1. The Morgan fingerprint density at radius 1 is 1.12 bits per heavy atom. The van der Waals surface area contributed by atoms with Crippen LogP contribution in [-0.4, -0.2) is 38.3 Å². The molecule has 41 heavy (non-hydrogen) atoms. The molecule has 2 aromatic heterocycles. The van der Waals surface area contributed by atoms with Crippen molar-refractivity contribution in [1.82, 2.24) is 14.5 Å². The topological polar surface area (TPSA) is 86.5 Å². The van der Waals surface area contributed by atoms with Gasteiger partial charge in [0.15, 0.2) is 0 Å². The molecule has 1 saturated heterocycles. The van der Waals surface area contributed by atoms with Gasteiger partial charge in [0.2, 0.25) is 5.88 Å². The first-order valence-corrected chi connectivity index (χ1v) is 14.7. The summed E-state index contributed by atoms with van der Waals surface area (Å²) >= 11 is 5.86.